The highest BCUT2D eigenvalue weighted by molar-refractivity contribution is 5.68. The molecule has 1 heterocycles. The van der Waals surface area contributed by atoms with Gasteiger partial charge in [0.2, 0.25) is 0 Å². The largest absolute Gasteiger partial charge is 0.444 e. The molecule has 146 valence electrons. The predicted molar refractivity (Wildman–Crippen MR) is 98.3 cm³/mol. The first-order chi connectivity index (χ1) is 11.1. The predicted octanol–water partition coefficient (Wildman–Crippen LogP) is 3.57. The number of hydrogen-bond donors (Lipinski definition) is 2. The van der Waals surface area contributed by atoms with Gasteiger partial charge in [0.15, 0.2) is 0 Å². The highest BCUT2D eigenvalue weighted by Gasteiger charge is 2.60. The van der Waals surface area contributed by atoms with Crippen molar-refractivity contribution in [2.24, 2.45) is 16.2 Å². The van der Waals surface area contributed by atoms with Crippen LogP contribution >= 0.6 is 0 Å². The van der Waals surface area contributed by atoms with Gasteiger partial charge in [-0.3, -0.25) is 0 Å². The Balaban J connectivity index is 2.25. The molecule has 0 aromatic carbocycles. The molecule has 1 atom stereocenters. The first kappa shape index (κ1) is 20.5. The molecule has 5 nitrogen and oxygen atoms in total. The lowest BCUT2D eigenvalue weighted by Crippen LogP contribution is -2.59. The standard InChI is InChI=1S/C20H37NO4/c1-16(2,3)25-15(23)21-9-8-19(13-21,14-22)20(24)11-17(4,5)10-18(6,7)12-20/h22,24H,8-14H2,1-7H3. The van der Waals surface area contributed by atoms with E-state index in [1.807, 2.05) is 20.8 Å². The molecule has 5 heteroatoms. The van der Waals surface area contributed by atoms with Crippen LogP contribution in [0.15, 0.2) is 0 Å². The van der Waals surface area contributed by atoms with Gasteiger partial charge in [0.1, 0.15) is 5.60 Å². The molecule has 2 N–H and O–H groups in total. The summed E-state index contributed by atoms with van der Waals surface area (Å²) in [6.45, 7) is 15.0. The summed E-state index contributed by atoms with van der Waals surface area (Å²) in [5.41, 5.74) is -2.22. The SMILES string of the molecule is CC1(C)CC(C)(C)CC(O)(C2(CO)CCN(C(=O)OC(C)(C)C)C2)C1. The molecule has 1 aliphatic heterocycles. The van der Waals surface area contributed by atoms with E-state index in [2.05, 4.69) is 27.7 Å². The van der Waals surface area contributed by atoms with E-state index in [0.29, 0.717) is 32.4 Å². The zero-order valence-electron chi connectivity index (χ0n) is 17.1. The average molecular weight is 356 g/mol. The van der Waals surface area contributed by atoms with Crippen LogP contribution in [-0.2, 0) is 4.74 Å². The number of carbonyl (C=O) groups excluding carboxylic acids is 1. The molecule has 1 aliphatic carbocycles. The maximum absolute atomic E-state index is 12.4. The van der Waals surface area contributed by atoms with Crippen LogP contribution in [-0.4, -0.2) is 52.1 Å². The maximum Gasteiger partial charge on any atom is 0.410 e. The van der Waals surface area contributed by atoms with Crippen LogP contribution in [0.3, 0.4) is 0 Å². The van der Waals surface area contributed by atoms with E-state index in [1.165, 1.54) is 0 Å². The lowest BCUT2D eigenvalue weighted by molar-refractivity contribution is -0.173. The summed E-state index contributed by atoms with van der Waals surface area (Å²) in [7, 11) is 0. The molecule has 1 saturated heterocycles. The smallest absolute Gasteiger partial charge is 0.410 e. The van der Waals surface area contributed by atoms with Gasteiger partial charge in [0, 0.05) is 18.5 Å². The molecular formula is C20H37NO4. The highest BCUT2D eigenvalue weighted by atomic mass is 16.6. The van der Waals surface area contributed by atoms with Gasteiger partial charge in [-0.1, -0.05) is 27.7 Å². The number of rotatable bonds is 2. The Kier molecular flexibility index (Phi) is 5.02. The molecule has 0 aromatic rings. The Hall–Kier alpha value is -0.810. The van der Waals surface area contributed by atoms with Gasteiger partial charge in [0.25, 0.3) is 0 Å². The van der Waals surface area contributed by atoms with Gasteiger partial charge in [-0.25, -0.2) is 4.79 Å². The normalized spacial score (nSPS) is 31.0. The summed E-state index contributed by atoms with van der Waals surface area (Å²) in [5, 5.41) is 22.0. The molecule has 0 radical (unpaired) electrons. The number of amides is 1. The maximum atomic E-state index is 12.4. The lowest BCUT2D eigenvalue weighted by Gasteiger charge is -2.56. The quantitative estimate of drug-likeness (QED) is 0.794. The fraction of sp³-hybridized carbons (Fsp3) is 0.950. The van der Waals surface area contributed by atoms with Crippen molar-refractivity contribution in [2.75, 3.05) is 19.7 Å². The Labute approximate surface area is 152 Å². The molecule has 2 rings (SSSR count). The number of ether oxygens (including phenoxy) is 1. The Bertz CT molecular complexity index is 504. The second-order valence-corrected chi connectivity index (χ2v) is 11.0. The first-order valence-corrected chi connectivity index (χ1v) is 9.44. The van der Waals surface area contributed by atoms with Crippen LogP contribution in [0.5, 0.6) is 0 Å². The molecule has 0 spiro atoms. The van der Waals surface area contributed by atoms with Crippen molar-refractivity contribution in [3.05, 3.63) is 0 Å². The van der Waals surface area contributed by atoms with E-state index < -0.39 is 16.6 Å². The molecule has 25 heavy (non-hydrogen) atoms. The van der Waals surface area contributed by atoms with Crippen LogP contribution in [0.4, 0.5) is 4.79 Å². The van der Waals surface area contributed by atoms with Gasteiger partial charge < -0.3 is 19.8 Å². The van der Waals surface area contributed by atoms with Crippen molar-refractivity contribution in [3.63, 3.8) is 0 Å². The van der Waals surface area contributed by atoms with Gasteiger partial charge in [0.05, 0.1) is 12.2 Å². The minimum atomic E-state index is -0.982. The molecular weight excluding hydrogens is 318 g/mol. The summed E-state index contributed by atoms with van der Waals surface area (Å²) in [4.78, 5) is 14.1. The highest BCUT2D eigenvalue weighted by Crippen LogP contribution is 2.57. The van der Waals surface area contributed by atoms with Crippen LogP contribution in [0.1, 0.15) is 74.1 Å². The molecule has 1 unspecified atom stereocenters. The third-order valence-corrected chi connectivity index (χ3v) is 5.79. The first-order valence-electron chi connectivity index (χ1n) is 9.44. The second kappa shape index (κ2) is 6.12. The minimum Gasteiger partial charge on any atom is -0.444 e. The molecule has 0 bridgehead atoms. The van der Waals surface area contributed by atoms with Crippen LogP contribution in [0.25, 0.3) is 0 Å². The Morgan fingerprint density at radius 2 is 1.60 bits per heavy atom. The number of carbonyl (C=O) groups is 1. The fourth-order valence-electron chi connectivity index (χ4n) is 5.45. The minimum absolute atomic E-state index is 0.00198. The van der Waals surface area contributed by atoms with Crippen molar-refractivity contribution < 1.29 is 19.7 Å². The van der Waals surface area contributed by atoms with Gasteiger partial charge in [-0.15, -0.1) is 0 Å². The zero-order chi connectivity index (χ0) is 19.3. The second-order valence-electron chi connectivity index (χ2n) is 11.0. The molecule has 1 saturated carbocycles. The fourth-order valence-corrected chi connectivity index (χ4v) is 5.45. The van der Waals surface area contributed by atoms with Gasteiger partial charge in [-0.05, 0) is 57.3 Å². The summed E-state index contributed by atoms with van der Waals surface area (Å²) in [5.74, 6) is 0. The number of likely N-dealkylation sites (tertiary alicyclic amines) is 1. The van der Waals surface area contributed by atoms with E-state index >= 15 is 0 Å². The van der Waals surface area contributed by atoms with Crippen LogP contribution in [0.2, 0.25) is 0 Å². The van der Waals surface area contributed by atoms with Crippen molar-refractivity contribution >= 4 is 6.09 Å². The van der Waals surface area contributed by atoms with Crippen molar-refractivity contribution in [1.29, 1.82) is 0 Å². The summed E-state index contributed by atoms with van der Waals surface area (Å²) < 4.78 is 5.49. The molecule has 2 fully saturated rings. The lowest BCUT2D eigenvalue weighted by atomic mass is 9.52. The van der Waals surface area contributed by atoms with Crippen LogP contribution in [0, 0.1) is 16.2 Å². The van der Waals surface area contributed by atoms with Gasteiger partial charge in [-0.2, -0.15) is 0 Å². The molecule has 1 amide bonds. The van der Waals surface area contributed by atoms with E-state index in [9.17, 15) is 15.0 Å². The Morgan fingerprint density at radius 1 is 1.08 bits per heavy atom. The average Bonchev–Trinajstić information content (AvgIpc) is 2.78. The third kappa shape index (κ3) is 4.30. The zero-order valence-corrected chi connectivity index (χ0v) is 17.1. The Morgan fingerprint density at radius 3 is 2.04 bits per heavy atom. The van der Waals surface area contributed by atoms with E-state index in [0.717, 1.165) is 6.42 Å². The van der Waals surface area contributed by atoms with E-state index in [1.54, 1.807) is 4.90 Å². The van der Waals surface area contributed by atoms with E-state index in [-0.39, 0.29) is 23.5 Å². The number of aliphatic hydroxyl groups is 2. The molecule has 2 aliphatic rings. The summed E-state index contributed by atoms with van der Waals surface area (Å²) in [6.07, 6.45) is 2.57. The van der Waals surface area contributed by atoms with Gasteiger partial charge >= 0.3 is 6.09 Å². The summed E-state index contributed by atoms with van der Waals surface area (Å²) >= 11 is 0. The number of aliphatic hydroxyl groups excluding tert-OH is 1. The third-order valence-electron chi connectivity index (χ3n) is 5.79. The summed E-state index contributed by atoms with van der Waals surface area (Å²) in [6, 6.07) is 0. The number of hydrogen-bond acceptors (Lipinski definition) is 4. The van der Waals surface area contributed by atoms with E-state index in [4.69, 9.17) is 4.74 Å². The molecule has 0 aromatic heterocycles. The van der Waals surface area contributed by atoms with Crippen molar-refractivity contribution in [2.45, 2.75) is 85.4 Å². The number of nitrogens with zero attached hydrogens (tertiary/aromatic N) is 1. The van der Waals surface area contributed by atoms with Crippen molar-refractivity contribution in [1.82, 2.24) is 4.90 Å². The monoisotopic (exact) mass is 355 g/mol. The topological polar surface area (TPSA) is 70.0 Å². The van der Waals surface area contributed by atoms with Crippen LogP contribution < -0.4 is 0 Å². The van der Waals surface area contributed by atoms with Crippen molar-refractivity contribution in [3.8, 4) is 0 Å².